The summed E-state index contributed by atoms with van der Waals surface area (Å²) in [6.45, 7) is 15.4. The summed E-state index contributed by atoms with van der Waals surface area (Å²) in [5, 5.41) is 0. The van der Waals surface area contributed by atoms with Gasteiger partial charge in [-0.2, -0.15) is 0 Å². The minimum atomic E-state index is 0.544. The average Bonchev–Trinajstić information content (AvgIpc) is 3.07. The standard InChI is InChI=1S/C37H76O9/c1-3-5-7-9-11-12-13-14-15-17-19-21-39-23-25-41-27-29-43-31-33-45-35-37-46-36-34-44-32-30-42-28-26-40-24-22-38-20-18-16-10-8-6-4-2/h3-37H2,1-2H3. The Kier molecular flexibility index (Phi) is 44.3. The largest absolute Gasteiger partial charge is 0.379 e. The van der Waals surface area contributed by atoms with Crippen LogP contribution in [-0.4, -0.2) is 119 Å². The van der Waals surface area contributed by atoms with Crippen LogP contribution in [0.4, 0.5) is 0 Å². The summed E-state index contributed by atoms with van der Waals surface area (Å²) in [6, 6.07) is 0. The van der Waals surface area contributed by atoms with Gasteiger partial charge in [-0.3, -0.25) is 0 Å². The van der Waals surface area contributed by atoms with Crippen LogP contribution in [0, 0.1) is 0 Å². The maximum absolute atomic E-state index is 5.66. The Morgan fingerprint density at radius 3 is 0.522 bits per heavy atom. The van der Waals surface area contributed by atoms with Gasteiger partial charge in [-0.05, 0) is 12.8 Å². The Morgan fingerprint density at radius 1 is 0.174 bits per heavy atom. The molecule has 9 nitrogen and oxygen atoms in total. The van der Waals surface area contributed by atoms with Gasteiger partial charge in [-0.25, -0.2) is 0 Å². The molecule has 0 aliphatic rings. The van der Waals surface area contributed by atoms with Crippen molar-refractivity contribution in [3.8, 4) is 0 Å². The van der Waals surface area contributed by atoms with E-state index in [1.807, 2.05) is 0 Å². The van der Waals surface area contributed by atoms with E-state index in [4.69, 9.17) is 42.6 Å². The molecular weight excluding hydrogens is 588 g/mol. The second-order valence-electron chi connectivity index (χ2n) is 11.8. The van der Waals surface area contributed by atoms with Crippen LogP contribution in [0.2, 0.25) is 0 Å². The fraction of sp³-hybridized carbons (Fsp3) is 1.00. The lowest BCUT2D eigenvalue weighted by molar-refractivity contribution is -0.0250. The SMILES string of the molecule is CCCCCCCCCCCCCOCCOCCOCCOCCOCCOCCOCCOCCOCCCCCCCC. The maximum atomic E-state index is 5.66. The predicted molar refractivity (Wildman–Crippen MR) is 187 cm³/mol. The molecule has 0 heterocycles. The topological polar surface area (TPSA) is 83.1 Å². The van der Waals surface area contributed by atoms with E-state index in [-0.39, 0.29) is 0 Å². The van der Waals surface area contributed by atoms with E-state index < -0.39 is 0 Å². The molecule has 0 aromatic rings. The molecule has 0 amide bonds. The van der Waals surface area contributed by atoms with E-state index >= 15 is 0 Å². The van der Waals surface area contributed by atoms with Crippen molar-refractivity contribution in [2.45, 2.75) is 123 Å². The first-order chi connectivity index (χ1) is 22.9. The van der Waals surface area contributed by atoms with Crippen molar-refractivity contribution in [2.24, 2.45) is 0 Å². The fourth-order valence-corrected chi connectivity index (χ4v) is 4.71. The highest BCUT2D eigenvalue weighted by Gasteiger charge is 1.97. The third-order valence-electron chi connectivity index (χ3n) is 7.51. The summed E-state index contributed by atoms with van der Waals surface area (Å²) in [5.41, 5.74) is 0. The van der Waals surface area contributed by atoms with Crippen molar-refractivity contribution in [2.75, 3.05) is 119 Å². The Morgan fingerprint density at radius 2 is 0.326 bits per heavy atom. The lowest BCUT2D eigenvalue weighted by Crippen LogP contribution is -2.15. The zero-order chi connectivity index (χ0) is 33.1. The first kappa shape index (κ1) is 45.6. The van der Waals surface area contributed by atoms with Crippen molar-refractivity contribution < 1.29 is 42.6 Å². The molecule has 0 aliphatic heterocycles. The second-order valence-corrected chi connectivity index (χ2v) is 11.8. The van der Waals surface area contributed by atoms with E-state index in [0.29, 0.717) is 106 Å². The van der Waals surface area contributed by atoms with Crippen LogP contribution < -0.4 is 0 Å². The van der Waals surface area contributed by atoms with Gasteiger partial charge in [-0.1, -0.05) is 110 Å². The average molecular weight is 665 g/mol. The highest BCUT2D eigenvalue weighted by molar-refractivity contribution is 4.48. The molecule has 0 rings (SSSR count). The Hall–Kier alpha value is -0.360. The Labute approximate surface area is 284 Å². The van der Waals surface area contributed by atoms with E-state index in [2.05, 4.69) is 13.8 Å². The second kappa shape index (κ2) is 44.6. The summed E-state index contributed by atoms with van der Waals surface area (Å²) in [4.78, 5) is 0. The van der Waals surface area contributed by atoms with Crippen molar-refractivity contribution in [3.63, 3.8) is 0 Å². The molecule has 0 atom stereocenters. The summed E-state index contributed by atoms with van der Waals surface area (Å²) in [6.07, 6.45) is 22.6. The molecule has 0 aromatic carbocycles. The van der Waals surface area contributed by atoms with Crippen LogP contribution in [-0.2, 0) is 42.6 Å². The van der Waals surface area contributed by atoms with E-state index in [1.165, 1.54) is 96.3 Å². The molecule has 0 saturated heterocycles. The smallest absolute Gasteiger partial charge is 0.0701 e. The predicted octanol–water partition coefficient (Wildman–Crippen LogP) is 7.81. The Bertz CT molecular complexity index is 469. The molecule has 278 valence electrons. The summed E-state index contributed by atoms with van der Waals surface area (Å²) in [5.74, 6) is 0. The molecule has 9 heteroatoms. The van der Waals surface area contributed by atoms with Crippen molar-refractivity contribution in [1.82, 2.24) is 0 Å². The zero-order valence-electron chi connectivity index (χ0n) is 30.4. The molecule has 0 unspecified atom stereocenters. The van der Waals surface area contributed by atoms with Crippen LogP contribution in [0.3, 0.4) is 0 Å². The van der Waals surface area contributed by atoms with Gasteiger partial charge in [-0.15, -0.1) is 0 Å². The van der Waals surface area contributed by atoms with Gasteiger partial charge in [0.1, 0.15) is 0 Å². The van der Waals surface area contributed by atoms with E-state index in [0.717, 1.165) is 26.1 Å². The van der Waals surface area contributed by atoms with Crippen molar-refractivity contribution >= 4 is 0 Å². The van der Waals surface area contributed by atoms with Gasteiger partial charge in [0, 0.05) is 13.2 Å². The third-order valence-corrected chi connectivity index (χ3v) is 7.51. The first-order valence-electron chi connectivity index (χ1n) is 19.1. The molecule has 0 aromatic heterocycles. The summed E-state index contributed by atoms with van der Waals surface area (Å²) in [7, 11) is 0. The zero-order valence-corrected chi connectivity index (χ0v) is 30.4. The van der Waals surface area contributed by atoms with Crippen LogP contribution in [0.5, 0.6) is 0 Å². The third kappa shape index (κ3) is 43.6. The fourth-order valence-electron chi connectivity index (χ4n) is 4.71. The molecule has 0 saturated carbocycles. The molecule has 0 spiro atoms. The number of hydrogen-bond acceptors (Lipinski definition) is 9. The van der Waals surface area contributed by atoms with Gasteiger partial charge >= 0.3 is 0 Å². The summed E-state index contributed by atoms with van der Waals surface area (Å²) >= 11 is 0. The lowest BCUT2D eigenvalue weighted by atomic mass is 10.1. The molecule has 0 fully saturated rings. The van der Waals surface area contributed by atoms with Gasteiger partial charge in [0.25, 0.3) is 0 Å². The Balaban J connectivity index is 3.03. The number of ether oxygens (including phenoxy) is 9. The van der Waals surface area contributed by atoms with Gasteiger partial charge in [0.2, 0.25) is 0 Å². The molecule has 0 bridgehead atoms. The van der Waals surface area contributed by atoms with Crippen LogP contribution in [0.15, 0.2) is 0 Å². The highest BCUT2D eigenvalue weighted by Crippen LogP contribution is 2.11. The van der Waals surface area contributed by atoms with Gasteiger partial charge < -0.3 is 42.6 Å². The van der Waals surface area contributed by atoms with E-state index in [1.54, 1.807) is 0 Å². The van der Waals surface area contributed by atoms with Gasteiger partial charge in [0.15, 0.2) is 0 Å². The molecule has 46 heavy (non-hydrogen) atoms. The van der Waals surface area contributed by atoms with Crippen LogP contribution in [0.25, 0.3) is 0 Å². The molecule has 0 radical (unpaired) electrons. The minimum absolute atomic E-state index is 0.544. The maximum Gasteiger partial charge on any atom is 0.0701 e. The number of unbranched alkanes of at least 4 members (excludes halogenated alkanes) is 15. The molecule has 0 aliphatic carbocycles. The van der Waals surface area contributed by atoms with Crippen molar-refractivity contribution in [1.29, 1.82) is 0 Å². The monoisotopic (exact) mass is 665 g/mol. The quantitative estimate of drug-likeness (QED) is 0.0606. The highest BCUT2D eigenvalue weighted by atomic mass is 16.6. The number of hydrogen-bond donors (Lipinski definition) is 0. The minimum Gasteiger partial charge on any atom is -0.379 e. The first-order valence-corrected chi connectivity index (χ1v) is 19.1. The van der Waals surface area contributed by atoms with Crippen molar-refractivity contribution in [3.05, 3.63) is 0 Å². The van der Waals surface area contributed by atoms with Crippen LogP contribution >= 0.6 is 0 Å². The van der Waals surface area contributed by atoms with Gasteiger partial charge in [0.05, 0.1) is 106 Å². The van der Waals surface area contributed by atoms with Crippen LogP contribution in [0.1, 0.15) is 123 Å². The molecule has 0 N–H and O–H groups in total. The lowest BCUT2D eigenvalue weighted by Gasteiger charge is -2.09. The number of rotatable bonds is 43. The molecular formula is C37H76O9. The van der Waals surface area contributed by atoms with E-state index in [9.17, 15) is 0 Å². The summed E-state index contributed by atoms with van der Waals surface area (Å²) < 4.78 is 49.9. The normalized spacial score (nSPS) is 11.6.